The maximum Gasteiger partial charge on any atom is 0.300 e. The number of nitrogens with zero attached hydrogens (tertiary/aromatic N) is 6. The van der Waals surface area contributed by atoms with Gasteiger partial charge in [-0.3, -0.25) is 23.5 Å². The number of amides is 1. The van der Waals surface area contributed by atoms with Gasteiger partial charge in [0.2, 0.25) is 11.6 Å². The maximum atomic E-state index is 13.0. The lowest BCUT2D eigenvalue weighted by Crippen LogP contribution is -2.52. The largest absolute Gasteiger partial charge is 0.494 e. The Labute approximate surface area is 211 Å². The fourth-order valence-electron chi connectivity index (χ4n) is 5.52. The highest BCUT2D eigenvalue weighted by Crippen LogP contribution is 2.23. The van der Waals surface area contributed by atoms with Crippen molar-refractivity contribution in [3.63, 3.8) is 0 Å². The van der Waals surface area contributed by atoms with Gasteiger partial charge in [-0.25, -0.2) is 0 Å². The molecule has 1 aromatic carbocycles. The van der Waals surface area contributed by atoms with Gasteiger partial charge in [0.05, 0.1) is 6.61 Å². The minimum Gasteiger partial charge on any atom is -0.494 e. The zero-order chi connectivity index (χ0) is 24.9. The number of aryl methyl sites for hydroxylation is 1. The van der Waals surface area contributed by atoms with Gasteiger partial charge in [0.1, 0.15) is 11.6 Å². The molecule has 36 heavy (non-hydrogen) atoms. The Balaban J connectivity index is 1.15. The van der Waals surface area contributed by atoms with E-state index in [-0.39, 0.29) is 17.1 Å². The van der Waals surface area contributed by atoms with E-state index in [4.69, 9.17) is 4.74 Å². The van der Waals surface area contributed by atoms with E-state index in [1.165, 1.54) is 32.1 Å². The van der Waals surface area contributed by atoms with Crippen molar-refractivity contribution in [3.05, 3.63) is 52.8 Å². The Morgan fingerprint density at radius 1 is 1.00 bits per heavy atom. The predicted molar refractivity (Wildman–Crippen MR) is 138 cm³/mol. The molecule has 0 bridgehead atoms. The summed E-state index contributed by atoms with van der Waals surface area (Å²) in [5, 5.41) is 8.39. The molecule has 1 saturated carbocycles. The molecular weight excluding hydrogens is 456 g/mol. The first-order valence-corrected chi connectivity index (χ1v) is 13.3. The van der Waals surface area contributed by atoms with Gasteiger partial charge < -0.3 is 9.64 Å². The van der Waals surface area contributed by atoms with Gasteiger partial charge in [-0.1, -0.05) is 19.3 Å². The average Bonchev–Trinajstić information content (AvgIpc) is 3.34. The highest BCUT2D eigenvalue weighted by atomic mass is 16.5. The minimum absolute atomic E-state index is 0.213. The standard InChI is InChI=1S/C27H36N6O3/c1-2-36-23-13-11-22(12-14-23)32-19-20-33-24(28-29-26(33)27(32)35)9-6-10-25(34)31-17-15-30(16-18-31)21-7-4-3-5-8-21/h11-14,19-21H,2-10,15-18H2,1H3. The minimum atomic E-state index is -0.229. The Kier molecular flexibility index (Phi) is 7.65. The maximum absolute atomic E-state index is 13.0. The Morgan fingerprint density at radius 3 is 2.47 bits per heavy atom. The number of fused-ring (bicyclic) bond motifs is 1. The van der Waals surface area contributed by atoms with Crippen LogP contribution in [0.25, 0.3) is 11.3 Å². The molecule has 0 radical (unpaired) electrons. The quantitative estimate of drug-likeness (QED) is 0.481. The van der Waals surface area contributed by atoms with Crippen LogP contribution >= 0.6 is 0 Å². The van der Waals surface area contributed by atoms with E-state index in [9.17, 15) is 9.59 Å². The van der Waals surface area contributed by atoms with Crippen LogP contribution in [0.5, 0.6) is 5.75 Å². The molecule has 1 amide bonds. The average molecular weight is 493 g/mol. The van der Waals surface area contributed by atoms with Gasteiger partial charge in [-0.2, -0.15) is 0 Å². The van der Waals surface area contributed by atoms with Crippen LogP contribution in [-0.2, 0) is 11.2 Å². The summed E-state index contributed by atoms with van der Waals surface area (Å²) >= 11 is 0. The van der Waals surface area contributed by atoms with Gasteiger partial charge in [-0.05, 0) is 50.5 Å². The molecule has 0 atom stereocenters. The lowest BCUT2D eigenvalue weighted by molar-refractivity contribution is -0.133. The molecule has 1 saturated heterocycles. The molecule has 0 spiro atoms. The number of carbonyl (C=O) groups excluding carboxylic acids is 1. The van der Waals surface area contributed by atoms with E-state index in [1.807, 2.05) is 42.3 Å². The topological polar surface area (TPSA) is 85.0 Å². The fourth-order valence-corrected chi connectivity index (χ4v) is 5.52. The monoisotopic (exact) mass is 492 g/mol. The molecule has 2 aromatic heterocycles. The highest BCUT2D eigenvalue weighted by molar-refractivity contribution is 5.76. The number of ether oxygens (including phenoxy) is 1. The Morgan fingerprint density at radius 2 is 1.75 bits per heavy atom. The Hall–Kier alpha value is -3.20. The summed E-state index contributed by atoms with van der Waals surface area (Å²) in [6.45, 7) is 6.17. The van der Waals surface area contributed by atoms with Crippen LogP contribution in [0, 0.1) is 0 Å². The molecule has 1 aliphatic heterocycles. The van der Waals surface area contributed by atoms with E-state index in [2.05, 4.69) is 15.1 Å². The summed E-state index contributed by atoms with van der Waals surface area (Å²) in [6, 6.07) is 8.10. The SMILES string of the molecule is CCOc1ccc(-n2ccn3c(CCCC(=O)N4CCN(C5CCCCC5)CC4)nnc3c2=O)cc1. The van der Waals surface area contributed by atoms with Crippen LogP contribution in [0.2, 0.25) is 0 Å². The summed E-state index contributed by atoms with van der Waals surface area (Å²) in [4.78, 5) is 30.4. The number of aromatic nitrogens is 4. The second-order valence-electron chi connectivity index (χ2n) is 9.77. The summed E-state index contributed by atoms with van der Waals surface area (Å²) in [5.41, 5.74) is 0.795. The molecule has 3 aromatic rings. The molecule has 0 unspecified atom stereocenters. The lowest BCUT2D eigenvalue weighted by Gasteiger charge is -2.40. The fraction of sp³-hybridized carbons (Fsp3) is 0.556. The van der Waals surface area contributed by atoms with Crippen molar-refractivity contribution < 1.29 is 9.53 Å². The first-order valence-electron chi connectivity index (χ1n) is 13.3. The van der Waals surface area contributed by atoms with Crippen molar-refractivity contribution in [2.45, 2.75) is 64.3 Å². The number of piperazine rings is 1. The first-order chi connectivity index (χ1) is 17.6. The molecule has 9 heteroatoms. The number of carbonyl (C=O) groups is 1. The van der Waals surface area contributed by atoms with E-state index >= 15 is 0 Å². The van der Waals surface area contributed by atoms with E-state index in [1.54, 1.807) is 15.2 Å². The van der Waals surface area contributed by atoms with Gasteiger partial charge in [0, 0.05) is 63.1 Å². The molecule has 5 rings (SSSR count). The van der Waals surface area contributed by atoms with Crippen LogP contribution in [0.3, 0.4) is 0 Å². The van der Waals surface area contributed by atoms with Crippen LogP contribution in [-0.4, -0.2) is 73.7 Å². The van der Waals surface area contributed by atoms with Crippen molar-refractivity contribution >= 4 is 11.6 Å². The van der Waals surface area contributed by atoms with E-state index in [0.29, 0.717) is 31.7 Å². The normalized spacial score (nSPS) is 17.5. The van der Waals surface area contributed by atoms with Gasteiger partial charge in [0.15, 0.2) is 0 Å². The molecule has 0 N–H and O–H groups in total. The molecule has 2 aliphatic rings. The van der Waals surface area contributed by atoms with Crippen LogP contribution in [0.4, 0.5) is 0 Å². The Bertz CT molecular complexity index is 1220. The summed E-state index contributed by atoms with van der Waals surface area (Å²) in [5.74, 6) is 1.68. The van der Waals surface area contributed by atoms with Crippen molar-refractivity contribution in [1.29, 1.82) is 0 Å². The third kappa shape index (κ3) is 5.31. The predicted octanol–water partition coefficient (Wildman–Crippen LogP) is 3.08. The first kappa shape index (κ1) is 24.5. The zero-order valence-electron chi connectivity index (χ0n) is 21.1. The van der Waals surface area contributed by atoms with E-state index < -0.39 is 0 Å². The second kappa shape index (κ2) is 11.2. The molecule has 2 fully saturated rings. The highest BCUT2D eigenvalue weighted by Gasteiger charge is 2.26. The lowest BCUT2D eigenvalue weighted by atomic mass is 9.94. The molecule has 1 aliphatic carbocycles. The second-order valence-corrected chi connectivity index (χ2v) is 9.77. The smallest absolute Gasteiger partial charge is 0.300 e. The summed E-state index contributed by atoms with van der Waals surface area (Å²) < 4.78 is 8.77. The van der Waals surface area contributed by atoms with Crippen molar-refractivity contribution in [2.75, 3.05) is 32.8 Å². The molecule has 9 nitrogen and oxygen atoms in total. The van der Waals surface area contributed by atoms with Crippen LogP contribution < -0.4 is 10.3 Å². The number of hydrogen-bond acceptors (Lipinski definition) is 6. The van der Waals surface area contributed by atoms with Crippen molar-refractivity contribution in [1.82, 2.24) is 29.0 Å². The summed E-state index contributed by atoms with van der Waals surface area (Å²) in [6.07, 6.45) is 12.0. The number of benzene rings is 1. The summed E-state index contributed by atoms with van der Waals surface area (Å²) in [7, 11) is 0. The third-order valence-corrected chi connectivity index (χ3v) is 7.52. The van der Waals surface area contributed by atoms with Crippen LogP contribution in [0.1, 0.15) is 57.7 Å². The van der Waals surface area contributed by atoms with Crippen molar-refractivity contribution in [2.24, 2.45) is 0 Å². The third-order valence-electron chi connectivity index (χ3n) is 7.52. The molecule has 3 heterocycles. The molecular formula is C27H36N6O3. The van der Waals surface area contributed by atoms with Crippen LogP contribution in [0.15, 0.2) is 41.5 Å². The van der Waals surface area contributed by atoms with Crippen molar-refractivity contribution in [3.8, 4) is 11.4 Å². The van der Waals surface area contributed by atoms with E-state index in [0.717, 1.165) is 43.7 Å². The molecule has 192 valence electrons. The number of hydrogen-bond donors (Lipinski definition) is 0. The van der Waals surface area contributed by atoms with Gasteiger partial charge in [0.25, 0.3) is 0 Å². The number of rotatable bonds is 8. The van der Waals surface area contributed by atoms with Gasteiger partial charge >= 0.3 is 5.56 Å². The van der Waals surface area contributed by atoms with Gasteiger partial charge in [-0.15, -0.1) is 10.2 Å². The zero-order valence-corrected chi connectivity index (χ0v) is 21.1.